The molecule has 9 nitrogen and oxygen atoms in total. The summed E-state index contributed by atoms with van der Waals surface area (Å²) in [6, 6.07) is 0. The Labute approximate surface area is 576 Å². The largest absolute Gasteiger partial charge is 0.472 e. The lowest BCUT2D eigenvalue weighted by Crippen LogP contribution is -2.37. The van der Waals surface area contributed by atoms with E-state index in [1.807, 2.05) is 21.1 Å². The second kappa shape index (κ2) is 72.9. The number of ether oxygens (including phenoxy) is 2. The molecule has 0 aromatic carbocycles. The number of carbonyl (C=O) groups excluding carboxylic acids is 2. The molecule has 10 heteroatoms. The molecule has 1 N–H and O–H groups in total. The van der Waals surface area contributed by atoms with Crippen LogP contribution >= 0.6 is 7.82 Å². The molecule has 0 bridgehead atoms. The summed E-state index contributed by atoms with van der Waals surface area (Å²) in [5.41, 5.74) is 0. The minimum atomic E-state index is -4.41. The number of hydrogen-bond donors (Lipinski definition) is 1. The standard InChI is InChI=1S/C83H148NO8P/c1-6-8-10-12-14-16-18-20-22-24-26-28-30-32-34-36-38-40-41-42-44-45-47-49-51-53-55-57-59-61-63-65-67-69-71-73-75-82(85)89-79-81(80-91-93(87,88)90-78-77-84(3,4)5)92-83(86)76-74-72-70-68-66-64-62-60-58-56-54-52-50-48-46-43-39-37-35-33-31-29-27-25-23-21-19-17-15-13-11-9-7-2/h9,11,15,17,21,23,27,29,33,35,39,43,48,50,54,56,60,62,81H,6-8,10,12-14,16,18-20,22,24-26,28,30-32,34,36-38,40-42,44-47,49,51-53,55,57-59,61,63-80H2,1-5H3/p+1/b11-9-,17-15-,23-21-,29-27-,35-33-,43-39-,50-48-,56-54-,62-60-. The molecule has 2 atom stereocenters. The zero-order valence-corrected chi connectivity index (χ0v) is 62.4. The lowest BCUT2D eigenvalue weighted by molar-refractivity contribution is -0.870. The van der Waals surface area contributed by atoms with Gasteiger partial charge in [-0.25, -0.2) is 4.57 Å². The first-order valence-electron chi connectivity index (χ1n) is 39.1. The number of hydrogen-bond acceptors (Lipinski definition) is 7. The Morgan fingerprint density at radius 3 is 0.914 bits per heavy atom. The summed E-state index contributed by atoms with van der Waals surface area (Å²) in [7, 11) is 1.46. The van der Waals surface area contributed by atoms with Gasteiger partial charge in [-0.3, -0.25) is 18.6 Å². The van der Waals surface area contributed by atoms with Crippen LogP contribution in [-0.2, 0) is 32.7 Å². The molecule has 0 rings (SSSR count). The van der Waals surface area contributed by atoms with E-state index in [0.717, 1.165) is 109 Å². The van der Waals surface area contributed by atoms with E-state index in [1.54, 1.807) is 0 Å². The summed E-state index contributed by atoms with van der Waals surface area (Å²) >= 11 is 0. The number of allylic oxidation sites excluding steroid dienone is 18. The second-order valence-corrected chi connectivity index (χ2v) is 28.8. The zero-order valence-electron chi connectivity index (χ0n) is 61.5. The van der Waals surface area contributed by atoms with Gasteiger partial charge in [-0.15, -0.1) is 0 Å². The van der Waals surface area contributed by atoms with E-state index in [-0.39, 0.29) is 32.0 Å². The van der Waals surface area contributed by atoms with Gasteiger partial charge in [0.2, 0.25) is 0 Å². The highest BCUT2D eigenvalue weighted by molar-refractivity contribution is 7.47. The molecule has 538 valence electrons. The van der Waals surface area contributed by atoms with Gasteiger partial charge in [0.1, 0.15) is 19.8 Å². The molecule has 0 aromatic heterocycles. The number of unbranched alkanes of at least 4 members (excludes halogenated alkanes) is 40. The van der Waals surface area contributed by atoms with Gasteiger partial charge < -0.3 is 18.9 Å². The Balaban J connectivity index is 4.02. The normalized spacial score (nSPS) is 13.7. The number of carbonyl (C=O) groups is 2. The number of rotatable bonds is 72. The van der Waals surface area contributed by atoms with Gasteiger partial charge in [-0.05, 0) is 83.5 Å². The Morgan fingerprint density at radius 1 is 0.344 bits per heavy atom. The molecule has 0 radical (unpaired) electrons. The fraction of sp³-hybridized carbons (Fsp3) is 0.759. The maximum Gasteiger partial charge on any atom is 0.472 e. The minimum Gasteiger partial charge on any atom is -0.462 e. The third kappa shape index (κ3) is 77.6. The minimum absolute atomic E-state index is 0.0237. The lowest BCUT2D eigenvalue weighted by Gasteiger charge is -2.24. The number of phosphoric acid groups is 1. The van der Waals surface area contributed by atoms with Gasteiger partial charge in [0.15, 0.2) is 6.10 Å². The highest BCUT2D eigenvalue weighted by atomic mass is 31.2. The van der Waals surface area contributed by atoms with Gasteiger partial charge in [-0.1, -0.05) is 367 Å². The van der Waals surface area contributed by atoms with Crippen molar-refractivity contribution in [1.29, 1.82) is 0 Å². The highest BCUT2D eigenvalue weighted by Crippen LogP contribution is 2.43. The molecule has 0 saturated heterocycles. The first-order chi connectivity index (χ1) is 45.5. The van der Waals surface area contributed by atoms with Crippen LogP contribution in [0.15, 0.2) is 109 Å². The molecular weight excluding hydrogens is 1170 g/mol. The molecule has 93 heavy (non-hydrogen) atoms. The highest BCUT2D eigenvalue weighted by Gasteiger charge is 2.27. The van der Waals surface area contributed by atoms with Gasteiger partial charge in [0.25, 0.3) is 0 Å². The van der Waals surface area contributed by atoms with E-state index in [1.165, 1.54) is 212 Å². The quantitative estimate of drug-likeness (QED) is 0.0211. The molecule has 0 heterocycles. The van der Waals surface area contributed by atoms with Crippen LogP contribution in [-0.4, -0.2) is 74.9 Å². The van der Waals surface area contributed by atoms with Crippen molar-refractivity contribution in [3.63, 3.8) is 0 Å². The van der Waals surface area contributed by atoms with Crippen molar-refractivity contribution < 1.29 is 42.1 Å². The zero-order chi connectivity index (χ0) is 67.6. The first-order valence-corrected chi connectivity index (χ1v) is 40.6. The van der Waals surface area contributed by atoms with Crippen LogP contribution in [0, 0.1) is 0 Å². The third-order valence-electron chi connectivity index (χ3n) is 17.1. The van der Waals surface area contributed by atoms with Crippen molar-refractivity contribution in [3.8, 4) is 0 Å². The van der Waals surface area contributed by atoms with E-state index < -0.39 is 26.5 Å². The number of likely N-dealkylation sites (N-methyl/N-ethyl adjacent to an activating group) is 1. The molecule has 0 aliphatic heterocycles. The molecule has 0 aliphatic rings. The summed E-state index contributed by atoms with van der Waals surface area (Å²) in [6.07, 6.45) is 104. The smallest absolute Gasteiger partial charge is 0.462 e. The van der Waals surface area contributed by atoms with Crippen LogP contribution < -0.4 is 0 Å². The van der Waals surface area contributed by atoms with Gasteiger partial charge >= 0.3 is 19.8 Å². The van der Waals surface area contributed by atoms with E-state index in [0.29, 0.717) is 17.4 Å². The van der Waals surface area contributed by atoms with Crippen LogP contribution in [0.4, 0.5) is 0 Å². The summed E-state index contributed by atoms with van der Waals surface area (Å²) in [5, 5.41) is 0. The number of esters is 2. The molecular formula is C83H149NO8P+. The monoisotopic (exact) mass is 1320 g/mol. The van der Waals surface area contributed by atoms with E-state index >= 15 is 0 Å². The molecule has 0 spiro atoms. The van der Waals surface area contributed by atoms with Crippen LogP contribution in [0.2, 0.25) is 0 Å². The van der Waals surface area contributed by atoms with Crippen molar-refractivity contribution in [3.05, 3.63) is 109 Å². The second-order valence-electron chi connectivity index (χ2n) is 27.4. The Morgan fingerprint density at radius 2 is 0.613 bits per heavy atom. The Bertz CT molecular complexity index is 1940. The van der Waals surface area contributed by atoms with Crippen LogP contribution in [0.5, 0.6) is 0 Å². The fourth-order valence-electron chi connectivity index (χ4n) is 11.1. The summed E-state index contributed by atoms with van der Waals surface area (Å²) < 4.78 is 34.8. The molecule has 0 saturated carbocycles. The summed E-state index contributed by atoms with van der Waals surface area (Å²) in [6.45, 7) is 4.34. The van der Waals surface area contributed by atoms with Crippen molar-refractivity contribution in [2.45, 2.75) is 360 Å². The van der Waals surface area contributed by atoms with E-state index in [4.69, 9.17) is 18.5 Å². The molecule has 0 fully saturated rings. The van der Waals surface area contributed by atoms with Crippen molar-refractivity contribution >= 4 is 19.8 Å². The average Bonchev–Trinajstić information content (AvgIpc) is 2.30. The SMILES string of the molecule is CC/C=C\C/C=C\C/C=C\C/C=C\C/C=C\C/C=C\C/C=C\C/C=C\C/C=C\CCCCCCCC(=O)OC(COC(=O)CCCCCCCCCCCCCCCCCCCCCCCCCCCCCCCCCCCCCC)COP(=O)(O)OCC[N+](C)(C)C. The van der Waals surface area contributed by atoms with E-state index in [2.05, 4.69) is 123 Å². The summed E-state index contributed by atoms with van der Waals surface area (Å²) in [5.74, 6) is -0.812. The third-order valence-corrected chi connectivity index (χ3v) is 18.1. The predicted molar refractivity (Wildman–Crippen MR) is 404 cm³/mol. The number of quaternary nitrogens is 1. The molecule has 0 aliphatic carbocycles. The topological polar surface area (TPSA) is 108 Å². The number of phosphoric ester groups is 1. The number of nitrogens with zero attached hydrogens (tertiary/aromatic N) is 1. The first kappa shape index (κ1) is 89.7. The van der Waals surface area contributed by atoms with Crippen molar-refractivity contribution in [2.24, 2.45) is 0 Å². The lowest BCUT2D eigenvalue weighted by atomic mass is 10.0. The average molecular weight is 1320 g/mol. The molecule has 0 aromatic rings. The van der Waals surface area contributed by atoms with E-state index in [9.17, 15) is 19.0 Å². The van der Waals surface area contributed by atoms with Gasteiger partial charge in [0.05, 0.1) is 27.7 Å². The van der Waals surface area contributed by atoms with Crippen molar-refractivity contribution in [1.82, 2.24) is 0 Å². The van der Waals surface area contributed by atoms with Gasteiger partial charge in [0, 0.05) is 12.8 Å². The summed E-state index contributed by atoms with van der Waals surface area (Å²) in [4.78, 5) is 35.9. The van der Waals surface area contributed by atoms with Gasteiger partial charge in [-0.2, -0.15) is 0 Å². The molecule has 2 unspecified atom stereocenters. The Hall–Kier alpha value is -3.33. The van der Waals surface area contributed by atoms with Crippen LogP contribution in [0.3, 0.4) is 0 Å². The van der Waals surface area contributed by atoms with Crippen molar-refractivity contribution in [2.75, 3.05) is 47.5 Å². The van der Waals surface area contributed by atoms with Crippen LogP contribution in [0.1, 0.15) is 354 Å². The van der Waals surface area contributed by atoms with Crippen LogP contribution in [0.25, 0.3) is 0 Å². The maximum absolute atomic E-state index is 12.9. The predicted octanol–water partition coefficient (Wildman–Crippen LogP) is 26.0. The maximum atomic E-state index is 12.9. The Kier molecular flexibility index (Phi) is 70.3. The fourth-order valence-corrected chi connectivity index (χ4v) is 11.9. The molecule has 0 amide bonds.